The first-order chi connectivity index (χ1) is 15.7. The van der Waals surface area contributed by atoms with Crippen LogP contribution in [0.5, 0.6) is 0 Å². The highest BCUT2D eigenvalue weighted by Crippen LogP contribution is 2.56. The molecule has 5 rings (SSSR count). The molecule has 2 aromatic rings. The van der Waals surface area contributed by atoms with Crippen LogP contribution in [0.25, 0.3) is 10.6 Å². The molecule has 8 heteroatoms. The van der Waals surface area contributed by atoms with E-state index in [-0.39, 0.29) is 41.6 Å². The number of thiazole rings is 1. The third-order valence-electron chi connectivity index (χ3n) is 7.61. The molecule has 0 bridgehead atoms. The number of halogens is 2. The number of rotatable bonds is 5. The molecule has 0 spiro atoms. The molecule has 5 nitrogen and oxygen atoms in total. The van der Waals surface area contributed by atoms with Crippen molar-refractivity contribution in [1.29, 1.82) is 0 Å². The number of benzene rings is 1. The van der Waals surface area contributed by atoms with E-state index < -0.39 is 5.67 Å². The van der Waals surface area contributed by atoms with Crippen LogP contribution >= 0.6 is 11.3 Å². The maximum atomic E-state index is 14.7. The SMILES string of the molecule is CC(C)N1CNC2=C(C1=O)C(Cc1csc(-c3ccccc3F)n1)C([NH3+])C(C1CC1(C)F)C2. The van der Waals surface area contributed by atoms with Crippen molar-refractivity contribution >= 4 is 17.2 Å². The molecule has 4 N–H and O–H groups in total. The third kappa shape index (κ3) is 3.97. The van der Waals surface area contributed by atoms with Crippen LogP contribution in [-0.2, 0) is 11.2 Å². The lowest BCUT2D eigenvalue weighted by atomic mass is 9.70. The van der Waals surface area contributed by atoms with E-state index >= 15 is 0 Å². The molecule has 1 aliphatic heterocycles. The number of carbonyl (C=O) groups excluding carboxylic acids is 1. The standard InChI is InChI=1S/C25H30F2N4OS/c1-13(2)31-12-29-20-9-16(18-10-25(18,3)27)22(28)17(21(20)24(31)32)8-14-11-33-23(30-14)15-6-4-5-7-19(15)26/h4-7,11,13,16-18,22,29H,8-10,12,28H2,1-3H3/p+1. The predicted octanol–water partition coefficient (Wildman–Crippen LogP) is 3.54. The van der Waals surface area contributed by atoms with Crippen molar-refractivity contribution in [3.05, 3.63) is 52.4 Å². The molecule has 33 heavy (non-hydrogen) atoms. The minimum Gasteiger partial charge on any atom is -0.371 e. The van der Waals surface area contributed by atoms with Crippen molar-refractivity contribution in [2.75, 3.05) is 6.67 Å². The lowest BCUT2D eigenvalue weighted by Crippen LogP contribution is -2.71. The second kappa shape index (κ2) is 8.17. The Morgan fingerprint density at radius 2 is 2.09 bits per heavy atom. The van der Waals surface area contributed by atoms with Crippen LogP contribution in [0.2, 0.25) is 0 Å². The summed E-state index contributed by atoms with van der Waals surface area (Å²) in [7, 11) is 0. The van der Waals surface area contributed by atoms with E-state index in [0.29, 0.717) is 36.5 Å². The van der Waals surface area contributed by atoms with E-state index in [4.69, 9.17) is 4.98 Å². The Morgan fingerprint density at radius 3 is 2.76 bits per heavy atom. The van der Waals surface area contributed by atoms with Gasteiger partial charge in [0.05, 0.1) is 18.4 Å². The summed E-state index contributed by atoms with van der Waals surface area (Å²) in [5, 5.41) is 6.03. The Labute approximate surface area is 197 Å². The number of alkyl halides is 1. The quantitative estimate of drug-likeness (QED) is 0.698. The number of nitrogens with zero attached hydrogens (tertiary/aromatic N) is 2. The molecule has 2 heterocycles. The van der Waals surface area contributed by atoms with Crippen molar-refractivity contribution in [3.63, 3.8) is 0 Å². The molecule has 1 aromatic heterocycles. The number of allylic oxidation sites excluding steroid dienone is 1. The van der Waals surface area contributed by atoms with E-state index in [1.54, 1.807) is 25.1 Å². The van der Waals surface area contributed by atoms with E-state index in [1.165, 1.54) is 17.4 Å². The lowest BCUT2D eigenvalue weighted by Gasteiger charge is -2.43. The van der Waals surface area contributed by atoms with Gasteiger partial charge in [0.2, 0.25) is 0 Å². The summed E-state index contributed by atoms with van der Waals surface area (Å²) in [5.74, 6) is -0.363. The highest BCUT2D eigenvalue weighted by atomic mass is 32.1. The summed E-state index contributed by atoms with van der Waals surface area (Å²) in [6.07, 6.45) is 1.75. The topological polar surface area (TPSA) is 72.9 Å². The van der Waals surface area contributed by atoms with Gasteiger partial charge in [0.1, 0.15) is 16.5 Å². The van der Waals surface area contributed by atoms with Gasteiger partial charge >= 0.3 is 0 Å². The van der Waals surface area contributed by atoms with Gasteiger partial charge in [0.25, 0.3) is 5.91 Å². The molecule has 1 saturated carbocycles. The molecule has 0 radical (unpaired) electrons. The molecule has 5 unspecified atom stereocenters. The van der Waals surface area contributed by atoms with E-state index in [0.717, 1.165) is 17.0 Å². The first-order valence-corrected chi connectivity index (χ1v) is 12.5. The average Bonchev–Trinajstić information content (AvgIpc) is 3.16. The van der Waals surface area contributed by atoms with Crippen LogP contribution < -0.4 is 11.1 Å². The number of amides is 1. The van der Waals surface area contributed by atoms with Gasteiger partial charge in [-0.15, -0.1) is 11.3 Å². The lowest BCUT2D eigenvalue weighted by molar-refractivity contribution is -0.447. The normalized spacial score (nSPS) is 31.6. The van der Waals surface area contributed by atoms with Crippen LogP contribution in [0, 0.1) is 23.6 Å². The fourth-order valence-corrected chi connectivity index (χ4v) is 6.42. The zero-order chi connectivity index (χ0) is 23.5. The Hall–Kier alpha value is -2.32. The van der Waals surface area contributed by atoms with Gasteiger partial charge in [0.15, 0.2) is 0 Å². The maximum absolute atomic E-state index is 14.7. The minimum absolute atomic E-state index is 0.0269. The number of hydrogen-bond donors (Lipinski definition) is 2. The molecule has 1 aromatic carbocycles. The first-order valence-electron chi connectivity index (χ1n) is 11.7. The van der Waals surface area contributed by atoms with Gasteiger partial charge in [-0.2, -0.15) is 0 Å². The van der Waals surface area contributed by atoms with Crippen molar-refractivity contribution in [2.24, 2.45) is 17.8 Å². The highest BCUT2D eigenvalue weighted by Gasteiger charge is 2.60. The monoisotopic (exact) mass is 473 g/mol. The summed E-state index contributed by atoms with van der Waals surface area (Å²) in [4.78, 5) is 20.0. The molecule has 0 saturated heterocycles. The van der Waals surface area contributed by atoms with Gasteiger partial charge in [-0.1, -0.05) is 12.1 Å². The van der Waals surface area contributed by atoms with Crippen LogP contribution in [0.15, 0.2) is 40.9 Å². The molecule has 2 aliphatic carbocycles. The number of quaternary nitrogens is 1. The average molecular weight is 474 g/mol. The molecule has 5 atom stereocenters. The van der Waals surface area contributed by atoms with Crippen LogP contribution in [-0.4, -0.2) is 40.2 Å². The zero-order valence-corrected chi connectivity index (χ0v) is 20.1. The summed E-state index contributed by atoms with van der Waals surface area (Å²) in [6, 6.07) is 6.60. The van der Waals surface area contributed by atoms with E-state index in [1.807, 2.05) is 24.1 Å². The van der Waals surface area contributed by atoms with Gasteiger partial charge in [-0.3, -0.25) is 4.79 Å². The van der Waals surface area contributed by atoms with Gasteiger partial charge < -0.3 is 16.0 Å². The van der Waals surface area contributed by atoms with Gasteiger partial charge in [-0.25, -0.2) is 13.8 Å². The summed E-state index contributed by atoms with van der Waals surface area (Å²) < 4.78 is 29.0. The summed E-state index contributed by atoms with van der Waals surface area (Å²) >= 11 is 1.40. The largest absolute Gasteiger partial charge is 0.371 e. The Balaban J connectivity index is 1.48. The van der Waals surface area contributed by atoms with Crippen molar-refractivity contribution < 1.29 is 19.3 Å². The minimum atomic E-state index is -1.15. The second-order valence-corrected chi connectivity index (χ2v) is 11.0. The van der Waals surface area contributed by atoms with Crippen LogP contribution in [0.4, 0.5) is 8.78 Å². The maximum Gasteiger partial charge on any atom is 0.253 e. The van der Waals surface area contributed by atoms with Gasteiger partial charge in [0, 0.05) is 52.4 Å². The molecule has 1 amide bonds. The highest BCUT2D eigenvalue weighted by molar-refractivity contribution is 7.13. The summed E-state index contributed by atoms with van der Waals surface area (Å²) in [6.45, 7) is 6.16. The fraction of sp³-hybridized carbons (Fsp3) is 0.520. The predicted molar refractivity (Wildman–Crippen MR) is 124 cm³/mol. The Bertz CT molecular complexity index is 1110. The van der Waals surface area contributed by atoms with Crippen LogP contribution in [0.1, 0.15) is 39.3 Å². The number of nitrogens with one attached hydrogen (secondary N) is 1. The first kappa shape index (κ1) is 22.5. The second-order valence-electron chi connectivity index (χ2n) is 10.2. The molecule has 176 valence electrons. The third-order valence-corrected chi connectivity index (χ3v) is 8.54. The Kier molecular flexibility index (Phi) is 5.56. The Morgan fingerprint density at radius 1 is 1.36 bits per heavy atom. The van der Waals surface area contributed by atoms with E-state index in [2.05, 4.69) is 11.1 Å². The smallest absolute Gasteiger partial charge is 0.253 e. The number of aromatic nitrogens is 1. The van der Waals surface area contributed by atoms with Crippen molar-refractivity contribution in [3.8, 4) is 10.6 Å². The van der Waals surface area contributed by atoms with Gasteiger partial charge in [-0.05, 0) is 45.7 Å². The van der Waals surface area contributed by atoms with Crippen molar-refractivity contribution in [1.82, 2.24) is 15.2 Å². The molecule has 1 fully saturated rings. The molecular formula is C25H31F2N4OS+. The summed E-state index contributed by atoms with van der Waals surface area (Å²) in [5.41, 5.74) is 6.34. The van der Waals surface area contributed by atoms with Crippen LogP contribution in [0.3, 0.4) is 0 Å². The zero-order valence-electron chi connectivity index (χ0n) is 19.3. The fourth-order valence-electron chi connectivity index (χ4n) is 5.56. The number of hydrogen-bond acceptors (Lipinski definition) is 4. The van der Waals surface area contributed by atoms with E-state index in [9.17, 15) is 13.6 Å². The number of carbonyl (C=O) groups is 1. The molecular weight excluding hydrogens is 442 g/mol. The van der Waals surface area contributed by atoms with Crippen molar-refractivity contribution in [2.45, 2.75) is 57.8 Å². The molecule has 3 aliphatic rings.